The van der Waals surface area contributed by atoms with Gasteiger partial charge in [-0.1, -0.05) is 11.6 Å². The summed E-state index contributed by atoms with van der Waals surface area (Å²) in [5, 5.41) is 2.60. The van der Waals surface area contributed by atoms with Crippen LogP contribution >= 0.6 is 11.6 Å². The molecule has 0 aliphatic carbocycles. The zero-order chi connectivity index (χ0) is 10.8. The molecule has 0 bridgehead atoms. The summed E-state index contributed by atoms with van der Waals surface area (Å²) in [6.45, 7) is 0. The Balaban J connectivity index is 2.38. The third kappa shape index (κ3) is 1.92. The fraction of sp³-hybridized carbons (Fsp3) is 0.0909. The first-order valence-corrected chi connectivity index (χ1v) is 4.98. The molecule has 1 aromatic carbocycles. The van der Waals surface area contributed by atoms with Crippen molar-refractivity contribution in [1.82, 2.24) is 4.68 Å². The molecule has 0 fully saturated rings. The van der Waals surface area contributed by atoms with Crippen molar-refractivity contribution in [2.24, 2.45) is 0 Å². The van der Waals surface area contributed by atoms with E-state index in [9.17, 15) is 0 Å². The average Bonchev–Trinajstić information content (AvgIpc) is 2.69. The van der Waals surface area contributed by atoms with Gasteiger partial charge in [-0.2, -0.15) is 0 Å². The number of hydrogen-bond acceptors (Lipinski definition) is 2. The maximum Gasteiger partial charge on any atom is 0.0804 e. The van der Waals surface area contributed by atoms with E-state index in [1.165, 1.54) is 0 Å². The van der Waals surface area contributed by atoms with E-state index in [0.29, 0.717) is 10.7 Å². The quantitative estimate of drug-likeness (QED) is 0.792. The molecule has 4 heteroatoms. The molecule has 0 spiro atoms. The van der Waals surface area contributed by atoms with Gasteiger partial charge in [0.2, 0.25) is 0 Å². The van der Waals surface area contributed by atoms with Gasteiger partial charge in [0.25, 0.3) is 0 Å². The monoisotopic (exact) mass is 221 g/mol. The smallest absolute Gasteiger partial charge is 0.0804 e. The van der Waals surface area contributed by atoms with Gasteiger partial charge < -0.3 is 5.73 Å². The lowest BCUT2D eigenvalue weighted by Crippen LogP contribution is -2.23. The van der Waals surface area contributed by atoms with Gasteiger partial charge in [-0.3, -0.25) is 9.69 Å². The van der Waals surface area contributed by atoms with E-state index in [4.69, 9.17) is 17.3 Å². The summed E-state index contributed by atoms with van der Waals surface area (Å²) in [7, 11) is 1.94. The number of hydrogen-bond donors (Lipinski definition) is 1. The fourth-order valence-corrected chi connectivity index (χ4v) is 1.65. The highest BCUT2D eigenvalue weighted by molar-refractivity contribution is 6.31. The van der Waals surface area contributed by atoms with Crippen LogP contribution in [0.5, 0.6) is 0 Å². The molecule has 0 unspecified atom stereocenters. The van der Waals surface area contributed by atoms with Crippen molar-refractivity contribution in [1.29, 1.82) is 0 Å². The van der Waals surface area contributed by atoms with Gasteiger partial charge in [-0.15, -0.1) is 0 Å². The van der Waals surface area contributed by atoms with Gasteiger partial charge in [0.05, 0.1) is 11.4 Å². The highest BCUT2D eigenvalue weighted by Crippen LogP contribution is 2.25. The Kier molecular flexibility index (Phi) is 2.56. The molecule has 1 heterocycles. The number of nitrogens with two attached hydrogens (primary N) is 1. The molecule has 15 heavy (non-hydrogen) atoms. The predicted molar refractivity (Wildman–Crippen MR) is 64.1 cm³/mol. The van der Waals surface area contributed by atoms with Crippen LogP contribution in [-0.2, 0) is 0 Å². The van der Waals surface area contributed by atoms with E-state index in [1.54, 1.807) is 6.07 Å². The molecule has 0 saturated carbocycles. The van der Waals surface area contributed by atoms with Crippen LogP contribution in [0.3, 0.4) is 0 Å². The summed E-state index contributed by atoms with van der Waals surface area (Å²) in [6.07, 6.45) is 3.90. The van der Waals surface area contributed by atoms with Crippen molar-refractivity contribution < 1.29 is 0 Å². The van der Waals surface area contributed by atoms with E-state index >= 15 is 0 Å². The summed E-state index contributed by atoms with van der Waals surface area (Å²) in [5.41, 5.74) is 7.48. The van der Waals surface area contributed by atoms with Crippen LogP contribution < -0.4 is 10.7 Å². The van der Waals surface area contributed by atoms with Crippen LogP contribution in [-0.4, -0.2) is 11.7 Å². The second kappa shape index (κ2) is 3.87. The third-order valence-corrected chi connectivity index (χ3v) is 2.51. The fourth-order valence-electron chi connectivity index (χ4n) is 1.47. The van der Waals surface area contributed by atoms with Crippen LogP contribution in [0.25, 0.3) is 0 Å². The van der Waals surface area contributed by atoms with Gasteiger partial charge in [0.15, 0.2) is 0 Å². The Morgan fingerprint density at radius 2 is 1.93 bits per heavy atom. The van der Waals surface area contributed by atoms with E-state index in [-0.39, 0.29) is 0 Å². The minimum Gasteiger partial charge on any atom is -0.397 e. The Morgan fingerprint density at radius 3 is 2.53 bits per heavy atom. The molecule has 78 valence electrons. The van der Waals surface area contributed by atoms with Crippen molar-refractivity contribution in [3.63, 3.8) is 0 Å². The summed E-state index contributed by atoms with van der Waals surface area (Å²) in [6, 6.07) is 9.40. The van der Waals surface area contributed by atoms with Crippen LogP contribution in [0.4, 0.5) is 11.4 Å². The molecular formula is C11H12ClN3. The molecule has 1 aromatic heterocycles. The Bertz CT molecular complexity index is 451. The number of halogens is 1. The normalized spacial score (nSPS) is 10.3. The largest absolute Gasteiger partial charge is 0.397 e. The maximum atomic E-state index is 5.89. The Hall–Kier alpha value is -1.61. The second-order valence-electron chi connectivity index (χ2n) is 3.29. The van der Waals surface area contributed by atoms with Crippen molar-refractivity contribution in [3.8, 4) is 0 Å². The number of nitrogen functional groups attached to an aromatic ring is 1. The topological polar surface area (TPSA) is 34.2 Å². The van der Waals surface area contributed by atoms with Gasteiger partial charge in [-0.25, -0.2) is 0 Å². The molecule has 3 nitrogen and oxygen atoms in total. The van der Waals surface area contributed by atoms with Gasteiger partial charge in [-0.05, 0) is 30.3 Å². The van der Waals surface area contributed by atoms with Crippen LogP contribution in [0.1, 0.15) is 0 Å². The predicted octanol–water partition coefficient (Wildman–Crippen LogP) is 2.62. The number of rotatable bonds is 2. The second-order valence-corrected chi connectivity index (χ2v) is 3.73. The third-order valence-electron chi connectivity index (χ3n) is 2.27. The molecule has 2 N–H and O–H groups in total. The van der Waals surface area contributed by atoms with E-state index in [2.05, 4.69) is 0 Å². The van der Waals surface area contributed by atoms with E-state index < -0.39 is 0 Å². The molecule has 2 aromatic rings. The molecule has 0 aliphatic heterocycles. The van der Waals surface area contributed by atoms with Gasteiger partial charge in [0, 0.05) is 24.5 Å². The summed E-state index contributed by atoms with van der Waals surface area (Å²) in [5.74, 6) is 0. The number of benzene rings is 1. The van der Waals surface area contributed by atoms with E-state index in [0.717, 1.165) is 5.69 Å². The van der Waals surface area contributed by atoms with Crippen molar-refractivity contribution in [3.05, 3.63) is 47.7 Å². The van der Waals surface area contributed by atoms with Crippen molar-refractivity contribution >= 4 is 23.0 Å². The Labute approximate surface area is 93.6 Å². The van der Waals surface area contributed by atoms with E-state index in [1.807, 2.05) is 53.4 Å². The molecule has 0 aliphatic rings. The molecule has 0 atom stereocenters. The molecule has 2 rings (SSSR count). The summed E-state index contributed by atoms with van der Waals surface area (Å²) in [4.78, 5) is 0. The summed E-state index contributed by atoms with van der Waals surface area (Å²) >= 11 is 5.84. The molecule has 0 radical (unpaired) electrons. The first-order chi connectivity index (χ1) is 7.18. The maximum absolute atomic E-state index is 5.89. The number of aromatic nitrogens is 1. The summed E-state index contributed by atoms with van der Waals surface area (Å²) < 4.78 is 1.94. The number of anilines is 2. The zero-order valence-corrected chi connectivity index (χ0v) is 9.15. The molecule has 0 saturated heterocycles. The first kappa shape index (κ1) is 9.93. The lowest BCUT2D eigenvalue weighted by Gasteiger charge is -2.22. The molecular weight excluding hydrogens is 210 g/mol. The lowest BCUT2D eigenvalue weighted by molar-refractivity contribution is 0.782. The Morgan fingerprint density at radius 1 is 1.27 bits per heavy atom. The highest BCUT2D eigenvalue weighted by atomic mass is 35.5. The minimum absolute atomic E-state index is 0.650. The minimum atomic E-state index is 0.650. The van der Waals surface area contributed by atoms with Crippen LogP contribution in [0, 0.1) is 0 Å². The molecule has 0 amide bonds. The van der Waals surface area contributed by atoms with Crippen LogP contribution in [0.2, 0.25) is 5.02 Å². The van der Waals surface area contributed by atoms with Gasteiger partial charge in [0.1, 0.15) is 0 Å². The highest BCUT2D eigenvalue weighted by Gasteiger charge is 2.05. The van der Waals surface area contributed by atoms with Crippen LogP contribution in [0.15, 0.2) is 42.7 Å². The average molecular weight is 222 g/mol. The number of nitrogens with zero attached hydrogens (tertiary/aromatic N) is 2. The SMILES string of the molecule is CN(c1ccc(Cl)cc1N)n1cccc1. The lowest BCUT2D eigenvalue weighted by atomic mass is 10.2. The van der Waals surface area contributed by atoms with Crippen molar-refractivity contribution in [2.75, 3.05) is 17.8 Å². The van der Waals surface area contributed by atoms with Gasteiger partial charge >= 0.3 is 0 Å². The first-order valence-electron chi connectivity index (χ1n) is 4.60. The zero-order valence-electron chi connectivity index (χ0n) is 8.39. The van der Waals surface area contributed by atoms with Crippen molar-refractivity contribution in [2.45, 2.75) is 0 Å². The standard InChI is InChI=1S/C11H12ClN3/c1-14(15-6-2-3-7-15)11-5-4-9(12)8-10(11)13/h2-8H,13H2,1H3.